The molecule has 1 unspecified atom stereocenters. The largest absolute Gasteiger partial charge is 0.494 e. The van der Waals surface area contributed by atoms with Gasteiger partial charge in [0, 0.05) is 31.2 Å². The van der Waals surface area contributed by atoms with E-state index in [0.29, 0.717) is 11.6 Å². The molecule has 0 radical (unpaired) electrons. The predicted molar refractivity (Wildman–Crippen MR) is 125 cm³/mol. The van der Waals surface area contributed by atoms with E-state index in [1.54, 1.807) is 24.5 Å². The Morgan fingerprint density at radius 2 is 2.03 bits per heavy atom. The third kappa shape index (κ3) is 6.87. The number of carbonyl (C=O) groups is 1. The van der Waals surface area contributed by atoms with Gasteiger partial charge in [0.05, 0.1) is 13.0 Å². The van der Waals surface area contributed by atoms with Crippen LogP contribution < -0.4 is 20.1 Å². The molecular formula is C23H25F2N5O2S. The molecule has 1 amide bonds. The van der Waals surface area contributed by atoms with E-state index < -0.39 is 11.6 Å². The van der Waals surface area contributed by atoms with Crippen LogP contribution in [0.1, 0.15) is 12.8 Å². The highest BCUT2D eigenvalue weighted by atomic mass is 32.2. The van der Waals surface area contributed by atoms with Crippen LogP contribution in [0.3, 0.4) is 0 Å². The van der Waals surface area contributed by atoms with Crippen molar-refractivity contribution in [3.63, 3.8) is 0 Å². The number of anilines is 2. The Kier molecular flexibility index (Phi) is 8.96. The van der Waals surface area contributed by atoms with Crippen LogP contribution in [0.25, 0.3) is 0 Å². The van der Waals surface area contributed by atoms with Crippen LogP contribution in [0.4, 0.5) is 20.3 Å². The maximum absolute atomic E-state index is 12.5. The van der Waals surface area contributed by atoms with E-state index >= 15 is 0 Å². The van der Waals surface area contributed by atoms with E-state index in [-0.39, 0.29) is 17.6 Å². The number of amides is 1. The van der Waals surface area contributed by atoms with Gasteiger partial charge >= 0.3 is 0 Å². The number of aromatic nitrogens is 2. The van der Waals surface area contributed by atoms with Crippen LogP contribution in [-0.2, 0) is 4.79 Å². The molecule has 0 aliphatic carbocycles. The molecule has 3 heterocycles. The zero-order valence-corrected chi connectivity index (χ0v) is 18.9. The smallest absolute Gasteiger partial charge is 0.229 e. The minimum atomic E-state index is -0.940. The lowest BCUT2D eigenvalue weighted by Crippen LogP contribution is -2.41. The third-order valence-electron chi connectivity index (χ3n) is 5.02. The topological polar surface area (TPSA) is 93.4 Å². The molecule has 1 fully saturated rings. The van der Waals surface area contributed by atoms with Crippen LogP contribution in [0.15, 0.2) is 66.0 Å². The number of nitrogens with two attached hydrogens (primary N) is 1. The molecule has 1 aromatic carbocycles. The van der Waals surface area contributed by atoms with Crippen molar-refractivity contribution in [1.29, 1.82) is 0 Å². The molecule has 1 aliphatic heterocycles. The number of hydrogen-bond donors (Lipinski definition) is 2. The van der Waals surface area contributed by atoms with Crippen LogP contribution in [0, 0.1) is 17.6 Å². The fourth-order valence-corrected chi connectivity index (χ4v) is 3.69. The van der Waals surface area contributed by atoms with Crippen molar-refractivity contribution in [2.24, 2.45) is 11.1 Å². The molecule has 0 spiro atoms. The molecule has 4 rings (SSSR count). The lowest BCUT2D eigenvalue weighted by molar-refractivity contribution is -0.120. The molecule has 174 valence electrons. The van der Waals surface area contributed by atoms with Gasteiger partial charge in [-0.1, -0.05) is 12.1 Å². The van der Waals surface area contributed by atoms with E-state index in [9.17, 15) is 13.6 Å². The van der Waals surface area contributed by atoms with Gasteiger partial charge in [-0.05, 0) is 61.2 Å². The number of methoxy groups -OCH3 is 1. The number of nitrogens with zero attached hydrogens (tertiary/aromatic N) is 3. The van der Waals surface area contributed by atoms with Crippen molar-refractivity contribution in [1.82, 2.24) is 9.97 Å². The quantitative estimate of drug-likeness (QED) is 0.535. The number of rotatable bonds is 5. The number of nitrogens with one attached hydrogen (secondary N) is 1. The molecule has 33 heavy (non-hydrogen) atoms. The zero-order chi connectivity index (χ0) is 23.6. The number of pyridine rings is 2. The lowest BCUT2D eigenvalue weighted by atomic mass is 9.97. The number of piperidine rings is 1. The van der Waals surface area contributed by atoms with E-state index in [1.807, 2.05) is 18.2 Å². The maximum atomic E-state index is 12.5. The number of ether oxygens (including phenoxy) is 1. The lowest BCUT2D eigenvalue weighted by Gasteiger charge is -2.32. The molecular weight excluding hydrogens is 448 g/mol. The Balaban J connectivity index is 0.000000257. The molecule has 7 nitrogen and oxygen atoms in total. The van der Waals surface area contributed by atoms with Gasteiger partial charge in [0.15, 0.2) is 11.6 Å². The van der Waals surface area contributed by atoms with Crippen LogP contribution in [-0.4, -0.2) is 36.1 Å². The molecule has 3 aromatic rings. The molecule has 2 aromatic heterocycles. The highest BCUT2D eigenvalue weighted by Gasteiger charge is 2.26. The molecule has 10 heteroatoms. The number of carbonyl (C=O) groups excluding carboxylic acids is 1. The minimum absolute atomic E-state index is 0.0322. The van der Waals surface area contributed by atoms with E-state index in [4.69, 9.17) is 5.14 Å². The summed E-state index contributed by atoms with van der Waals surface area (Å²) in [5.74, 6) is -0.988. The monoisotopic (exact) mass is 473 g/mol. The summed E-state index contributed by atoms with van der Waals surface area (Å²) in [6.07, 6.45) is 5.29. The van der Waals surface area contributed by atoms with Gasteiger partial charge < -0.3 is 15.0 Å². The molecule has 0 saturated carbocycles. The Labute approximate surface area is 195 Å². The summed E-state index contributed by atoms with van der Waals surface area (Å²) in [6.45, 7) is 1.62. The maximum Gasteiger partial charge on any atom is 0.229 e. The Morgan fingerprint density at radius 3 is 2.73 bits per heavy atom. The van der Waals surface area contributed by atoms with Crippen LogP contribution >= 0.6 is 11.9 Å². The summed E-state index contributed by atoms with van der Waals surface area (Å²) in [5.41, 5.74) is 0.730. The number of benzene rings is 1. The van der Waals surface area contributed by atoms with Crippen molar-refractivity contribution >= 4 is 29.4 Å². The average molecular weight is 474 g/mol. The van der Waals surface area contributed by atoms with Crippen molar-refractivity contribution in [3.8, 4) is 5.75 Å². The molecule has 0 bridgehead atoms. The minimum Gasteiger partial charge on any atom is -0.494 e. The van der Waals surface area contributed by atoms with Gasteiger partial charge in [0.2, 0.25) is 11.7 Å². The first-order chi connectivity index (χ1) is 16.0. The van der Waals surface area contributed by atoms with Crippen molar-refractivity contribution < 1.29 is 18.3 Å². The van der Waals surface area contributed by atoms with Crippen molar-refractivity contribution in [3.05, 3.63) is 72.6 Å². The molecule has 1 atom stereocenters. The van der Waals surface area contributed by atoms with Crippen molar-refractivity contribution in [2.75, 3.05) is 30.4 Å². The highest BCUT2D eigenvalue weighted by Crippen LogP contribution is 2.23. The standard InChI is InChI=1S/C16H19N5OS.C7H6F2O/c17-23-15-10-13(6-8-19-15)20-16(22)12-4-3-9-21(11-12)14-5-1-2-7-18-14;1-10-6-4-2-3-5(8)7(6)9/h1-2,5-8,10,12H,3-4,9,11,17H2,(H,19,20,22);2-4H,1H3. The van der Waals surface area contributed by atoms with Gasteiger partial charge in [0.25, 0.3) is 0 Å². The first-order valence-corrected chi connectivity index (χ1v) is 11.2. The molecule has 3 N–H and O–H groups in total. The Bertz CT molecular complexity index is 1060. The summed E-state index contributed by atoms with van der Waals surface area (Å²) in [4.78, 5) is 23.2. The van der Waals surface area contributed by atoms with E-state index in [2.05, 4.69) is 24.9 Å². The zero-order valence-electron chi connectivity index (χ0n) is 18.1. The van der Waals surface area contributed by atoms with Gasteiger partial charge in [-0.15, -0.1) is 0 Å². The number of halogens is 2. The van der Waals surface area contributed by atoms with Gasteiger partial charge in [0.1, 0.15) is 10.8 Å². The van der Waals surface area contributed by atoms with Gasteiger partial charge in [-0.3, -0.25) is 9.93 Å². The summed E-state index contributed by atoms with van der Waals surface area (Å²) < 4.78 is 29.3. The predicted octanol–water partition coefficient (Wildman–Crippen LogP) is 4.27. The van der Waals surface area contributed by atoms with Crippen molar-refractivity contribution in [2.45, 2.75) is 17.9 Å². The first-order valence-electron chi connectivity index (χ1n) is 10.3. The SMILES string of the molecule is COc1cccc(F)c1F.NSc1cc(NC(=O)C2CCCN(c3ccccn3)C2)ccn1. The summed E-state index contributed by atoms with van der Waals surface area (Å²) in [7, 11) is 1.29. The van der Waals surface area contributed by atoms with E-state index in [0.717, 1.165) is 48.9 Å². The molecule has 1 aliphatic rings. The summed E-state index contributed by atoms with van der Waals surface area (Å²) in [5, 5.41) is 9.15. The van der Waals surface area contributed by atoms with Gasteiger partial charge in [-0.2, -0.15) is 4.39 Å². The average Bonchev–Trinajstić information content (AvgIpc) is 2.87. The fraction of sp³-hybridized carbons (Fsp3) is 0.261. The second-order valence-electron chi connectivity index (χ2n) is 7.22. The van der Waals surface area contributed by atoms with Gasteiger partial charge in [-0.25, -0.2) is 14.4 Å². The molecule has 1 saturated heterocycles. The Hall–Kier alpha value is -3.24. The fourth-order valence-electron chi connectivity index (χ4n) is 3.38. The second kappa shape index (κ2) is 12.1. The highest BCUT2D eigenvalue weighted by molar-refractivity contribution is 7.97. The van der Waals surface area contributed by atoms with E-state index in [1.165, 1.54) is 19.2 Å². The third-order valence-corrected chi connectivity index (χ3v) is 5.49. The first kappa shape index (κ1) is 24.4. The number of hydrogen-bond acceptors (Lipinski definition) is 7. The summed E-state index contributed by atoms with van der Waals surface area (Å²) >= 11 is 1.06. The summed E-state index contributed by atoms with van der Waals surface area (Å²) in [6, 6.07) is 13.2. The van der Waals surface area contributed by atoms with Crippen LogP contribution in [0.5, 0.6) is 5.75 Å². The van der Waals surface area contributed by atoms with Crippen LogP contribution in [0.2, 0.25) is 0 Å². The Morgan fingerprint density at radius 1 is 1.18 bits per heavy atom. The normalized spacial score (nSPS) is 15.3. The second-order valence-corrected chi connectivity index (χ2v) is 7.87.